The smallest absolute Gasteiger partial charge is 0.137 e. The Morgan fingerprint density at radius 2 is 2.12 bits per heavy atom. The molecule has 2 bridgehead atoms. The Morgan fingerprint density at radius 1 is 1.35 bits per heavy atom. The molecule has 92 valence electrons. The van der Waals surface area contributed by atoms with Crippen molar-refractivity contribution in [1.82, 2.24) is 14.8 Å². The zero-order valence-corrected chi connectivity index (χ0v) is 10.5. The van der Waals surface area contributed by atoms with Gasteiger partial charge in [0.05, 0.1) is 19.0 Å². The van der Waals surface area contributed by atoms with Crippen molar-refractivity contribution in [2.75, 3.05) is 27.2 Å². The first-order valence-electron chi connectivity index (χ1n) is 6.19. The van der Waals surface area contributed by atoms with Crippen molar-refractivity contribution in [3.05, 3.63) is 24.0 Å². The largest absolute Gasteiger partial charge is 0.495 e. The minimum atomic E-state index is 0.739. The van der Waals surface area contributed by atoms with Crippen LogP contribution in [0.3, 0.4) is 0 Å². The number of nitrogens with zero attached hydrogens (tertiary/aromatic N) is 3. The summed E-state index contributed by atoms with van der Waals surface area (Å²) in [6.45, 7) is 3.38. The first-order valence-corrected chi connectivity index (χ1v) is 6.19. The third-order valence-electron chi connectivity index (χ3n) is 3.90. The summed E-state index contributed by atoms with van der Waals surface area (Å²) in [7, 11) is 3.88. The van der Waals surface area contributed by atoms with Gasteiger partial charge in [-0.3, -0.25) is 9.88 Å². The van der Waals surface area contributed by atoms with Crippen LogP contribution in [0.4, 0.5) is 0 Å². The predicted octanol–water partition coefficient (Wildman–Crippen LogP) is 0.978. The molecule has 0 aromatic carbocycles. The summed E-state index contributed by atoms with van der Waals surface area (Å²) in [6, 6.07) is 5.53. The summed E-state index contributed by atoms with van der Waals surface area (Å²) in [5.74, 6) is 0.831. The molecule has 0 aliphatic carbocycles. The van der Waals surface area contributed by atoms with Crippen LogP contribution in [0.15, 0.2) is 18.3 Å². The lowest BCUT2D eigenvalue weighted by Gasteiger charge is -2.55. The van der Waals surface area contributed by atoms with E-state index in [0.717, 1.165) is 30.1 Å². The summed E-state index contributed by atoms with van der Waals surface area (Å²) in [4.78, 5) is 9.44. The summed E-state index contributed by atoms with van der Waals surface area (Å²) in [5, 5.41) is 0. The summed E-state index contributed by atoms with van der Waals surface area (Å²) < 4.78 is 5.12. The van der Waals surface area contributed by atoms with Crippen molar-refractivity contribution in [3.63, 3.8) is 0 Å². The minimum Gasteiger partial charge on any atom is -0.495 e. The van der Waals surface area contributed by atoms with Gasteiger partial charge in [-0.2, -0.15) is 0 Å². The lowest BCUT2D eigenvalue weighted by Crippen LogP contribution is -2.67. The summed E-state index contributed by atoms with van der Waals surface area (Å²) in [6.07, 6.45) is 3.16. The number of methoxy groups -OCH3 is 1. The molecule has 0 amide bonds. The van der Waals surface area contributed by atoms with Gasteiger partial charge >= 0.3 is 0 Å². The molecule has 2 aliphatic rings. The number of hydrogen-bond acceptors (Lipinski definition) is 4. The SMILES string of the molecule is COc1ccc(CN2C3CC2CN(C)C3)nc1. The van der Waals surface area contributed by atoms with Crippen LogP contribution in [-0.4, -0.2) is 54.1 Å². The molecule has 2 fully saturated rings. The fourth-order valence-electron chi connectivity index (χ4n) is 2.97. The number of piperazine rings is 1. The van der Waals surface area contributed by atoms with Crippen LogP contribution < -0.4 is 4.74 Å². The van der Waals surface area contributed by atoms with Crippen molar-refractivity contribution >= 4 is 0 Å². The highest BCUT2D eigenvalue weighted by Crippen LogP contribution is 2.32. The monoisotopic (exact) mass is 233 g/mol. The molecule has 17 heavy (non-hydrogen) atoms. The van der Waals surface area contributed by atoms with Gasteiger partial charge < -0.3 is 9.64 Å². The van der Waals surface area contributed by atoms with Crippen LogP contribution in [0.1, 0.15) is 12.1 Å². The Bertz CT molecular complexity index is 380. The number of pyridine rings is 1. The molecular weight excluding hydrogens is 214 g/mol. The second-order valence-electron chi connectivity index (χ2n) is 5.13. The molecule has 2 aliphatic heterocycles. The number of fused-ring (bicyclic) bond motifs is 2. The summed E-state index contributed by atoms with van der Waals surface area (Å²) >= 11 is 0. The third kappa shape index (κ3) is 2.03. The van der Waals surface area contributed by atoms with E-state index in [2.05, 4.69) is 27.9 Å². The second kappa shape index (κ2) is 4.27. The van der Waals surface area contributed by atoms with Crippen LogP contribution in [0.5, 0.6) is 5.75 Å². The molecule has 2 unspecified atom stereocenters. The second-order valence-corrected chi connectivity index (χ2v) is 5.13. The van der Waals surface area contributed by atoms with Crippen LogP contribution in [0.25, 0.3) is 0 Å². The molecule has 0 radical (unpaired) electrons. The Morgan fingerprint density at radius 3 is 2.71 bits per heavy atom. The van der Waals surface area contributed by atoms with Gasteiger partial charge in [0.15, 0.2) is 0 Å². The van der Waals surface area contributed by atoms with Gasteiger partial charge in [0.1, 0.15) is 5.75 Å². The van der Waals surface area contributed by atoms with Crippen molar-refractivity contribution < 1.29 is 4.74 Å². The van der Waals surface area contributed by atoms with Crippen LogP contribution in [0.2, 0.25) is 0 Å². The lowest BCUT2D eigenvalue weighted by molar-refractivity contribution is -0.0675. The zero-order chi connectivity index (χ0) is 11.8. The van der Waals surface area contributed by atoms with E-state index < -0.39 is 0 Å². The Balaban J connectivity index is 1.64. The van der Waals surface area contributed by atoms with Gasteiger partial charge in [0, 0.05) is 31.7 Å². The molecule has 1 aromatic rings. The number of rotatable bonds is 3. The maximum atomic E-state index is 5.12. The number of likely N-dealkylation sites (tertiary alicyclic amines) is 2. The van der Waals surface area contributed by atoms with Crippen LogP contribution >= 0.6 is 0 Å². The van der Waals surface area contributed by atoms with Gasteiger partial charge in [-0.1, -0.05) is 0 Å². The highest BCUT2D eigenvalue weighted by atomic mass is 16.5. The predicted molar refractivity (Wildman–Crippen MR) is 66.0 cm³/mol. The minimum absolute atomic E-state index is 0.739. The zero-order valence-electron chi connectivity index (χ0n) is 10.5. The fraction of sp³-hybridized carbons (Fsp3) is 0.615. The number of likely N-dealkylation sites (N-methyl/N-ethyl adjacent to an activating group) is 1. The lowest BCUT2D eigenvalue weighted by atomic mass is 9.87. The fourth-order valence-corrected chi connectivity index (χ4v) is 2.97. The number of aromatic nitrogens is 1. The molecular formula is C13H19N3O. The van der Waals surface area contributed by atoms with E-state index in [0.29, 0.717) is 0 Å². The maximum Gasteiger partial charge on any atom is 0.137 e. The molecule has 0 spiro atoms. The highest BCUT2D eigenvalue weighted by Gasteiger charge is 2.43. The van der Waals surface area contributed by atoms with Gasteiger partial charge in [-0.05, 0) is 25.6 Å². The van der Waals surface area contributed by atoms with E-state index >= 15 is 0 Å². The van der Waals surface area contributed by atoms with Crippen molar-refractivity contribution in [2.45, 2.75) is 25.0 Å². The first kappa shape index (κ1) is 11.0. The Labute approximate surface area is 102 Å². The van der Waals surface area contributed by atoms with Crippen LogP contribution in [0, 0.1) is 0 Å². The van der Waals surface area contributed by atoms with E-state index in [1.807, 2.05) is 6.07 Å². The molecule has 2 saturated heterocycles. The quantitative estimate of drug-likeness (QED) is 0.778. The molecule has 2 atom stereocenters. The number of ether oxygens (including phenoxy) is 1. The maximum absolute atomic E-state index is 5.12. The highest BCUT2D eigenvalue weighted by molar-refractivity contribution is 5.20. The van der Waals surface area contributed by atoms with Gasteiger partial charge in [0.25, 0.3) is 0 Å². The Hall–Kier alpha value is -1.13. The normalized spacial score (nSPS) is 28.8. The van der Waals surface area contributed by atoms with Gasteiger partial charge in [0.2, 0.25) is 0 Å². The Kier molecular flexibility index (Phi) is 2.76. The van der Waals surface area contributed by atoms with E-state index in [9.17, 15) is 0 Å². The van der Waals surface area contributed by atoms with Gasteiger partial charge in [-0.25, -0.2) is 0 Å². The molecule has 3 heterocycles. The number of piperidine rings is 1. The molecule has 0 saturated carbocycles. The summed E-state index contributed by atoms with van der Waals surface area (Å²) in [5.41, 5.74) is 1.14. The topological polar surface area (TPSA) is 28.6 Å². The molecule has 4 nitrogen and oxygen atoms in total. The standard InChI is InChI=1S/C13H19N3O/c1-15-8-11-5-12(9-15)16(11)7-10-3-4-13(17-2)6-14-10/h3-4,6,11-12H,5,7-9H2,1-2H3. The van der Waals surface area contributed by atoms with Crippen molar-refractivity contribution in [2.24, 2.45) is 0 Å². The van der Waals surface area contributed by atoms with Crippen LogP contribution in [-0.2, 0) is 6.54 Å². The third-order valence-corrected chi connectivity index (χ3v) is 3.90. The number of hydrogen-bond donors (Lipinski definition) is 0. The molecule has 3 rings (SSSR count). The molecule has 0 N–H and O–H groups in total. The molecule has 1 aromatic heterocycles. The average molecular weight is 233 g/mol. The van der Waals surface area contributed by atoms with E-state index in [1.165, 1.54) is 19.5 Å². The van der Waals surface area contributed by atoms with E-state index in [4.69, 9.17) is 4.74 Å². The van der Waals surface area contributed by atoms with E-state index in [-0.39, 0.29) is 0 Å². The first-order chi connectivity index (χ1) is 8.26. The average Bonchev–Trinajstić information content (AvgIpc) is 2.36. The van der Waals surface area contributed by atoms with Crippen molar-refractivity contribution in [3.8, 4) is 5.75 Å². The van der Waals surface area contributed by atoms with E-state index in [1.54, 1.807) is 13.3 Å². The van der Waals surface area contributed by atoms with Gasteiger partial charge in [-0.15, -0.1) is 0 Å². The molecule has 4 heteroatoms. The van der Waals surface area contributed by atoms with Crippen molar-refractivity contribution in [1.29, 1.82) is 0 Å².